The fourth-order valence-electron chi connectivity index (χ4n) is 7.32. The van der Waals surface area contributed by atoms with Crippen molar-refractivity contribution in [2.75, 3.05) is 13.1 Å². The molecule has 2 bridgehead atoms. The lowest BCUT2D eigenvalue weighted by Crippen LogP contribution is -2.80. The summed E-state index contributed by atoms with van der Waals surface area (Å²) in [5.41, 5.74) is 0.636. The van der Waals surface area contributed by atoms with Gasteiger partial charge in [0.25, 0.3) is 0 Å². The summed E-state index contributed by atoms with van der Waals surface area (Å²) in [7, 11) is 0. The quantitative estimate of drug-likeness (QED) is 0.741. The molecule has 27 heavy (non-hydrogen) atoms. The summed E-state index contributed by atoms with van der Waals surface area (Å²) in [5.74, 6) is 1.56. The average Bonchev–Trinajstić information content (AvgIpc) is 2.98. The zero-order valence-electron chi connectivity index (χ0n) is 15.9. The highest BCUT2D eigenvalue weighted by molar-refractivity contribution is 5.63. The Hall–Kier alpha value is -1.30. The van der Waals surface area contributed by atoms with E-state index in [0.717, 1.165) is 31.0 Å². The maximum absolute atomic E-state index is 12.3. The van der Waals surface area contributed by atoms with Crippen LogP contribution in [0.5, 0.6) is 11.5 Å². The summed E-state index contributed by atoms with van der Waals surface area (Å²) in [6.07, 6.45) is 4.81. The Labute approximate surface area is 159 Å². The summed E-state index contributed by atoms with van der Waals surface area (Å²) in [5, 5.41) is 33.6. The molecule has 0 radical (unpaired) electrons. The van der Waals surface area contributed by atoms with Crippen molar-refractivity contribution >= 4 is 0 Å². The second-order valence-corrected chi connectivity index (χ2v) is 9.76. The Balaban J connectivity index is 1.56. The molecule has 1 unspecified atom stereocenters. The first-order valence-corrected chi connectivity index (χ1v) is 10.6. The lowest BCUT2D eigenvalue weighted by Gasteiger charge is -2.66. The third kappa shape index (κ3) is 1.77. The Morgan fingerprint density at radius 3 is 2.81 bits per heavy atom. The van der Waals surface area contributed by atoms with Crippen molar-refractivity contribution in [2.24, 2.45) is 11.8 Å². The van der Waals surface area contributed by atoms with E-state index in [4.69, 9.17) is 4.74 Å². The van der Waals surface area contributed by atoms with Crippen LogP contribution in [0.15, 0.2) is 12.1 Å². The summed E-state index contributed by atoms with van der Waals surface area (Å²) < 4.78 is 6.23. The Kier molecular flexibility index (Phi) is 3.20. The second-order valence-electron chi connectivity index (χ2n) is 9.76. The minimum absolute atomic E-state index is 0.0656. The number of aromatic hydroxyl groups is 1. The van der Waals surface area contributed by atoms with Crippen LogP contribution < -0.4 is 4.74 Å². The molecule has 146 valence electrons. The smallest absolute Gasteiger partial charge is 0.165 e. The van der Waals surface area contributed by atoms with E-state index in [0.29, 0.717) is 18.6 Å². The number of aliphatic hydroxyl groups is 2. The number of phenolic OH excluding ortho intramolecular Hbond substituents is 1. The molecule has 0 aromatic heterocycles. The number of rotatable bonds is 2. The largest absolute Gasteiger partial charge is 0.504 e. The number of aliphatic hydroxyl groups excluding tert-OH is 1. The molecule has 2 heterocycles. The molecule has 5 heteroatoms. The summed E-state index contributed by atoms with van der Waals surface area (Å²) >= 11 is 0. The van der Waals surface area contributed by atoms with Gasteiger partial charge in [-0.3, -0.25) is 4.90 Å². The molecule has 1 spiro atoms. The van der Waals surface area contributed by atoms with E-state index in [1.54, 1.807) is 6.07 Å². The van der Waals surface area contributed by atoms with Gasteiger partial charge in [0.2, 0.25) is 0 Å². The van der Waals surface area contributed by atoms with Gasteiger partial charge in [-0.1, -0.05) is 19.4 Å². The fraction of sp³-hybridized carbons (Fsp3) is 0.727. The molecule has 3 N–H and O–H groups in total. The number of hydrogen-bond acceptors (Lipinski definition) is 5. The van der Waals surface area contributed by atoms with Gasteiger partial charge in [0.15, 0.2) is 11.5 Å². The Morgan fingerprint density at radius 2 is 2.07 bits per heavy atom. The number of piperidine rings is 1. The molecule has 3 fully saturated rings. The number of benzene rings is 1. The van der Waals surface area contributed by atoms with Gasteiger partial charge >= 0.3 is 0 Å². The molecule has 6 rings (SSSR count). The van der Waals surface area contributed by atoms with Crippen LogP contribution in [-0.2, 0) is 11.8 Å². The normalized spacial score (nSPS) is 45.1. The molecular weight excluding hydrogens is 342 g/mol. The van der Waals surface area contributed by atoms with Crippen LogP contribution >= 0.6 is 0 Å². The number of likely N-dealkylation sites (tertiary alicyclic amines) is 1. The van der Waals surface area contributed by atoms with Crippen LogP contribution in [0.25, 0.3) is 0 Å². The van der Waals surface area contributed by atoms with Gasteiger partial charge in [-0.15, -0.1) is 0 Å². The van der Waals surface area contributed by atoms with Gasteiger partial charge in [-0.05, 0) is 55.6 Å². The van der Waals surface area contributed by atoms with Crippen molar-refractivity contribution in [2.45, 2.75) is 74.7 Å². The van der Waals surface area contributed by atoms with E-state index in [-0.39, 0.29) is 17.7 Å². The van der Waals surface area contributed by atoms with Gasteiger partial charge in [0, 0.05) is 24.7 Å². The van der Waals surface area contributed by atoms with Crippen LogP contribution in [0.3, 0.4) is 0 Å². The van der Waals surface area contributed by atoms with Crippen LogP contribution in [0, 0.1) is 11.8 Å². The SMILES string of the molecule is CC1CN(CC2CCC2)[C@@H]2Cc3ccc(O)c4c3[C@]13[C@@H](O4)[C@@H](O)CC[C@@]23O. The standard InChI is InChI=1S/C22H29NO4/c1-12-10-23(11-13-3-2-4-13)17-9-14-5-6-15(24)19-18(14)22(12)20(27-19)16(25)7-8-21(17,22)26/h5-6,12-13,16-17,20,24-26H,2-4,7-11H2,1H3/t12?,16-,17+,20-,21+,22-/m0/s1. The van der Waals surface area contributed by atoms with E-state index in [2.05, 4.69) is 11.8 Å². The molecule has 3 aliphatic carbocycles. The van der Waals surface area contributed by atoms with Gasteiger partial charge < -0.3 is 20.1 Å². The minimum atomic E-state index is -0.912. The van der Waals surface area contributed by atoms with Crippen molar-refractivity contribution in [3.05, 3.63) is 23.3 Å². The third-order valence-electron chi connectivity index (χ3n) is 8.63. The lowest BCUT2D eigenvalue weighted by atomic mass is 9.45. The van der Waals surface area contributed by atoms with E-state index in [1.807, 2.05) is 6.07 Å². The molecule has 2 saturated carbocycles. The van der Waals surface area contributed by atoms with Crippen molar-refractivity contribution < 1.29 is 20.1 Å². The minimum Gasteiger partial charge on any atom is -0.504 e. The molecule has 1 aromatic carbocycles. The van der Waals surface area contributed by atoms with Crippen molar-refractivity contribution in [1.82, 2.24) is 4.90 Å². The highest BCUT2D eigenvalue weighted by Crippen LogP contribution is 2.67. The highest BCUT2D eigenvalue weighted by atomic mass is 16.5. The number of ether oxygens (including phenoxy) is 1. The van der Waals surface area contributed by atoms with E-state index >= 15 is 0 Å². The number of phenols is 1. The molecule has 5 nitrogen and oxygen atoms in total. The zero-order valence-corrected chi connectivity index (χ0v) is 15.9. The first-order chi connectivity index (χ1) is 13.0. The monoisotopic (exact) mass is 371 g/mol. The molecule has 1 saturated heterocycles. The molecular formula is C22H29NO4. The van der Waals surface area contributed by atoms with Gasteiger partial charge in [0.05, 0.1) is 17.1 Å². The topological polar surface area (TPSA) is 73.2 Å². The van der Waals surface area contributed by atoms with Crippen LogP contribution in [0.4, 0.5) is 0 Å². The molecule has 2 aliphatic heterocycles. The average molecular weight is 371 g/mol. The predicted octanol–water partition coefficient (Wildman–Crippen LogP) is 1.95. The lowest BCUT2D eigenvalue weighted by molar-refractivity contribution is -0.228. The second kappa shape index (κ2) is 5.19. The van der Waals surface area contributed by atoms with E-state index < -0.39 is 23.2 Å². The third-order valence-corrected chi connectivity index (χ3v) is 8.63. The van der Waals surface area contributed by atoms with Crippen LogP contribution in [0.2, 0.25) is 0 Å². The molecule has 0 amide bonds. The maximum atomic E-state index is 12.3. The highest BCUT2D eigenvalue weighted by Gasteiger charge is 2.75. The van der Waals surface area contributed by atoms with Crippen LogP contribution in [0.1, 0.15) is 50.2 Å². The fourth-order valence-corrected chi connectivity index (χ4v) is 7.32. The van der Waals surface area contributed by atoms with Gasteiger partial charge in [-0.2, -0.15) is 0 Å². The molecule has 6 atom stereocenters. The van der Waals surface area contributed by atoms with Crippen molar-refractivity contribution in [1.29, 1.82) is 0 Å². The molecule has 1 aromatic rings. The molecule has 5 aliphatic rings. The number of hydrogen-bond donors (Lipinski definition) is 3. The first-order valence-electron chi connectivity index (χ1n) is 10.6. The Bertz CT molecular complexity index is 808. The maximum Gasteiger partial charge on any atom is 0.165 e. The van der Waals surface area contributed by atoms with Crippen molar-refractivity contribution in [3.63, 3.8) is 0 Å². The summed E-state index contributed by atoms with van der Waals surface area (Å²) in [4.78, 5) is 2.54. The first kappa shape index (κ1) is 16.6. The van der Waals surface area contributed by atoms with Crippen LogP contribution in [-0.4, -0.2) is 57.2 Å². The van der Waals surface area contributed by atoms with E-state index in [9.17, 15) is 15.3 Å². The van der Waals surface area contributed by atoms with Gasteiger partial charge in [-0.25, -0.2) is 0 Å². The summed E-state index contributed by atoms with van der Waals surface area (Å²) in [6.45, 7) is 4.20. The van der Waals surface area contributed by atoms with Crippen molar-refractivity contribution in [3.8, 4) is 11.5 Å². The zero-order chi connectivity index (χ0) is 18.6. The van der Waals surface area contributed by atoms with E-state index in [1.165, 1.54) is 24.8 Å². The van der Waals surface area contributed by atoms with Gasteiger partial charge in [0.1, 0.15) is 6.10 Å². The predicted molar refractivity (Wildman–Crippen MR) is 100.0 cm³/mol. The Morgan fingerprint density at radius 1 is 1.26 bits per heavy atom. The summed E-state index contributed by atoms with van der Waals surface area (Å²) in [6, 6.07) is 3.79. The number of nitrogens with zero attached hydrogens (tertiary/aromatic N) is 1.